The predicted octanol–water partition coefficient (Wildman–Crippen LogP) is 2.74. The van der Waals surface area contributed by atoms with Gasteiger partial charge in [-0.05, 0) is 42.7 Å². The van der Waals surface area contributed by atoms with Crippen molar-refractivity contribution in [3.63, 3.8) is 0 Å². The molecule has 0 spiro atoms. The number of methoxy groups -OCH3 is 2. The van der Waals surface area contributed by atoms with Gasteiger partial charge in [-0.3, -0.25) is 10.3 Å². The first-order valence-corrected chi connectivity index (χ1v) is 12.8. The molecular weight excluding hydrogens is 487 g/mol. The number of hydrogen-bond acceptors (Lipinski definition) is 7. The van der Waals surface area contributed by atoms with E-state index < -0.39 is 6.29 Å². The number of fused-ring (bicyclic) bond motifs is 1. The molecule has 0 unspecified atom stereocenters. The largest absolute Gasteiger partial charge is 0.354 e. The fourth-order valence-corrected chi connectivity index (χ4v) is 4.54. The maximum atomic E-state index is 13.4. The molecule has 1 aliphatic rings. The number of benzene rings is 2. The number of imidazole rings is 1. The Morgan fingerprint density at radius 2 is 1.89 bits per heavy atom. The first kappa shape index (κ1) is 27.3. The van der Waals surface area contributed by atoms with Gasteiger partial charge in [-0.1, -0.05) is 24.3 Å². The normalized spacial score (nSPS) is 15.1. The maximum Gasteiger partial charge on any atom is 0.204 e. The van der Waals surface area contributed by atoms with Crippen LogP contribution in [-0.2, 0) is 16.0 Å². The molecule has 1 fully saturated rings. The van der Waals surface area contributed by atoms with Crippen LogP contribution < -0.4 is 16.0 Å². The number of nitriles is 1. The van der Waals surface area contributed by atoms with Crippen molar-refractivity contribution in [2.24, 2.45) is 4.99 Å². The smallest absolute Gasteiger partial charge is 0.204 e. The summed E-state index contributed by atoms with van der Waals surface area (Å²) < 4.78 is 25.9. The molecule has 3 aromatic rings. The van der Waals surface area contributed by atoms with Gasteiger partial charge in [0.15, 0.2) is 12.5 Å². The molecule has 0 aliphatic carbocycles. The van der Waals surface area contributed by atoms with E-state index in [1.807, 2.05) is 36.5 Å². The Morgan fingerprint density at radius 3 is 2.61 bits per heavy atom. The fraction of sp³-hybridized carbons (Fsp3) is 0.444. The summed E-state index contributed by atoms with van der Waals surface area (Å²) in [6.45, 7) is 4.23. The van der Waals surface area contributed by atoms with Crippen molar-refractivity contribution >= 4 is 22.9 Å². The molecule has 1 saturated heterocycles. The van der Waals surface area contributed by atoms with Gasteiger partial charge >= 0.3 is 0 Å². The molecule has 202 valence electrons. The number of para-hydroxylation sites is 2. The van der Waals surface area contributed by atoms with Crippen LogP contribution in [0, 0.1) is 17.3 Å². The molecule has 0 saturated carbocycles. The van der Waals surface area contributed by atoms with Crippen LogP contribution in [0.3, 0.4) is 0 Å². The van der Waals surface area contributed by atoms with Gasteiger partial charge in [0, 0.05) is 39.9 Å². The number of piperidine rings is 1. The number of guanidine groups is 1. The van der Waals surface area contributed by atoms with Gasteiger partial charge in [0.2, 0.25) is 11.9 Å². The van der Waals surface area contributed by atoms with Crippen LogP contribution in [0.5, 0.6) is 0 Å². The third kappa shape index (κ3) is 7.41. The predicted molar refractivity (Wildman–Crippen MR) is 145 cm³/mol. The van der Waals surface area contributed by atoms with Gasteiger partial charge in [0.1, 0.15) is 5.82 Å². The van der Waals surface area contributed by atoms with Gasteiger partial charge in [0.05, 0.1) is 30.7 Å². The van der Waals surface area contributed by atoms with Crippen molar-refractivity contribution in [1.82, 2.24) is 25.1 Å². The zero-order chi connectivity index (χ0) is 26.7. The molecule has 1 aromatic heterocycles. The third-order valence-corrected chi connectivity index (χ3v) is 6.65. The minimum absolute atomic E-state index is 0.236. The quantitative estimate of drug-likeness (QED) is 0.116. The number of aliphatic imine (C=N–C) groups is 1. The number of rotatable bonds is 11. The third-order valence-electron chi connectivity index (χ3n) is 6.65. The number of ether oxygens (including phenoxy) is 2. The second kappa shape index (κ2) is 13.7. The molecule has 2 heterocycles. The summed E-state index contributed by atoms with van der Waals surface area (Å²) in [7, 11) is 3.12. The van der Waals surface area contributed by atoms with Crippen LogP contribution in [-0.4, -0.2) is 79.7 Å². The number of nitrogens with zero attached hydrogens (tertiary/aromatic N) is 5. The summed E-state index contributed by atoms with van der Waals surface area (Å²) in [5.41, 5.74) is 3.00. The molecule has 2 aromatic carbocycles. The lowest BCUT2D eigenvalue weighted by atomic mass is 10.1. The topological polar surface area (TPSA) is 112 Å². The fourth-order valence-electron chi connectivity index (χ4n) is 4.54. The van der Waals surface area contributed by atoms with E-state index in [4.69, 9.17) is 19.7 Å². The minimum atomic E-state index is -0.420. The van der Waals surface area contributed by atoms with Crippen LogP contribution in [0.25, 0.3) is 11.0 Å². The molecule has 10 nitrogen and oxygen atoms in total. The Kier molecular flexibility index (Phi) is 9.86. The van der Waals surface area contributed by atoms with E-state index in [-0.39, 0.29) is 5.82 Å². The zero-order valence-corrected chi connectivity index (χ0v) is 21.9. The van der Waals surface area contributed by atoms with Crippen molar-refractivity contribution in [2.75, 3.05) is 52.3 Å². The Bertz CT molecular complexity index is 1230. The number of aromatic nitrogens is 2. The average molecular weight is 523 g/mol. The summed E-state index contributed by atoms with van der Waals surface area (Å²) >= 11 is 0. The highest BCUT2D eigenvalue weighted by Crippen LogP contribution is 2.24. The molecule has 4 rings (SSSR count). The molecule has 3 N–H and O–H groups in total. The summed E-state index contributed by atoms with van der Waals surface area (Å²) in [6, 6.07) is 15.0. The summed E-state index contributed by atoms with van der Waals surface area (Å²) in [5.74, 6) is 1.00. The highest BCUT2D eigenvalue weighted by atomic mass is 19.1. The molecule has 0 radical (unpaired) electrons. The Morgan fingerprint density at radius 1 is 1.16 bits per heavy atom. The molecule has 11 heteroatoms. The van der Waals surface area contributed by atoms with Crippen molar-refractivity contribution in [2.45, 2.75) is 31.7 Å². The molecule has 0 amide bonds. The second-order valence-corrected chi connectivity index (χ2v) is 9.15. The van der Waals surface area contributed by atoms with E-state index in [0.29, 0.717) is 31.6 Å². The van der Waals surface area contributed by atoms with E-state index in [1.165, 1.54) is 12.1 Å². The number of likely N-dealkylation sites (tertiary alicyclic amines) is 1. The van der Waals surface area contributed by atoms with Gasteiger partial charge in [0.25, 0.3) is 0 Å². The van der Waals surface area contributed by atoms with E-state index in [1.54, 1.807) is 14.2 Å². The Labute approximate surface area is 222 Å². The highest BCUT2D eigenvalue weighted by Gasteiger charge is 2.21. The van der Waals surface area contributed by atoms with Crippen LogP contribution in [0.1, 0.15) is 18.4 Å². The lowest BCUT2D eigenvalue weighted by Gasteiger charge is -2.32. The minimum Gasteiger partial charge on any atom is -0.354 e. The number of hydrogen-bond donors (Lipinski definition) is 3. The summed E-state index contributed by atoms with van der Waals surface area (Å²) in [6.07, 6.45) is 3.45. The van der Waals surface area contributed by atoms with E-state index in [9.17, 15) is 4.39 Å². The van der Waals surface area contributed by atoms with Gasteiger partial charge in [-0.15, -0.1) is 0 Å². The molecule has 0 atom stereocenters. The molecule has 38 heavy (non-hydrogen) atoms. The highest BCUT2D eigenvalue weighted by molar-refractivity contribution is 5.81. The monoisotopic (exact) mass is 522 g/mol. The summed E-state index contributed by atoms with van der Waals surface area (Å²) in [4.78, 5) is 11.7. The van der Waals surface area contributed by atoms with Crippen molar-refractivity contribution in [3.8, 4) is 6.19 Å². The van der Waals surface area contributed by atoms with Crippen LogP contribution in [0.2, 0.25) is 0 Å². The average Bonchev–Trinajstić information content (AvgIpc) is 3.28. The van der Waals surface area contributed by atoms with Gasteiger partial charge < -0.3 is 29.6 Å². The van der Waals surface area contributed by atoms with Crippen LogP contribution in [0.4, 0.5) is 10.3 Å². The van der Waals surface area contributed by atoms with Crippen molar-refractivity contribution < 1.29 is 13.9 Å². The lowest BCUT2D eigenvalue weighted by Crippen LogP contribution is -2.42. The van der Waals surface area contributed by atoms with E-state index >= 15 is 0 Å². The van der Waals surface area contributed by atoms with Gasteiger partial charge in [-0.2, -0.15) is 5.26 Å². The van der Waals surface area contributed by atoms with E-state index in [2.05, 4.69) is 36.5 Å². The summed E-state index contributed by atoms with van der Waals surface area (Å²) in [5, 5.41) is 18.3. The van der Waals surface area contributed by atoms with Crippen molar-refractivity contribution in [1.29, 1.82) is 5.26 Å². The first-order valence-electron chi connectivity index (χ1n) is 12.8. The van der Waals surface area contributed by atoms with Gasteiger partial charge in [-0.25, -0.2) is 9.37 Å². The maximum absolute atomic E-state index is 13.4. The first-order chi connectivity index (χ1) is 18.6. The Balaban J connectivity index is 1.31. The van der Waals surface area contributed by atoms with Crippen molar-refractivity contribution in [3.05, 3.63) is 59.9 Å². The van der Waals surface area contributed by atoms with Crippen LogP contribution >= 0.6 is 0 Å². The lowest BCUT2D eigenvalue weighted by molar-refractivity contribution is -0.0966. The second-order valence-electron chi connectivity index (χ2n) is 9.15. The SMILES string of the molecule is COC(CNC(=NCCN1CCC(Nc2nc3ccccc3n2Cc2ccc(F)cc2)CC1)NC#N)OC. The standard InChI is InChI=1S/C27H35FN8O2/c1-37-25(38-2)17-31-26(32-19-29)30-13-16-35-14-11-22(12-15-35)33-27-34-23-5-3-4-6-24(23)36(27)18-20-7-9-21(28)10-8-20/h3-10,22,25H,11-18H2,1-2H3,(H,33,34)(H2,30,31,32). The molecular formula is C27H35FN8O2. The molecule has 1 aliphatic heterocycles. The number of nitrogens with one attached hydrogen (secondary N) is 3. The number of halogens is 1. The zero-order valence-electron chi connectivity index (χ0n) is 21.9. The van der Waals surface area contributed by atoms with E-state index in [0.717, 1.165) is 55.0 Å². The van der Waals surface area contributed by atoms with Crippen LogP contribution in [0.15, 0.2) is 53.5 Å². The Hall–Kier alpha value is -3.72. The number of anilines is 1. The molecule has 0 bridgehead atoms.